The van der Waals surface area contributed by atoms with Crippen LogP contribution >= 0.6 is 0 Å². The molecule has 0 radical (unpaired) electrons. The summed E-state index contributed by atoms with van der Waals surface area (Å²) in [6, 6.07) is 10.2. The third kappa shape index (κ3) is 3.98. The Hall–Kier alpha value is -2.58. The highest BCUT2D eigenvalue weighted by Gasteiger charge is 2.25. The van der Waals surface area contributed by atoms with Crippen molar-refractivity contribution in [3.63, 3.8) is 0 Å². The Kier molecular flexibility index (Phi) is 5.36. The van der Waals surface area contributed by atoms with E-state index in [1.165, 1.54) is 19.2 Å². The molecule has 7 nitrogen and oxygen atoms in total. The van der Waals surface area contributed by atoms with Crippen molar-refractivity contribution >= 4 is 15.9 Å². The maximum absolute atomic E-state index is 12.7. The molecular formula is C20H24N2O5S. The first kappa shape index (κ1) is 20.2. The second-order valence-corrected chi connectivity index (χ2v) is 9.21. The Labute approximate surface area is 165 Å². The smallest absolute Gasteiger partial charge is 0.251 e. The van der Waals surface area contributed by atoms with E-state index < -0.39 is 10.0 Å². The molecule has 28 heavy (non-hydrogen) atoms. The van der Waals surface area contributed by atoms with Crippen molar-refractivity contribution in [1.82, 2.24) is 10.0 Å². The summed E-state index contributed by atoms with van der Waals surface area (Å²) in [4.78, 5) is 12.8. The van der Waals surface area contributed by atoms with Gasteiger partial charge in [0, 0.05) is 17.5 Å². The predicted octanol–water partition coefficient (Wildman–Crippen LogP) is 2.34. The summed E-state index contributed by atoms with van der Waals surface area (Å²) in [5, 5.41) is 2.92. The predicted molar refractivity (Wildman–Crippen MR) is 105 cm³/mol. The van der Waals surface area contributed by atoms with Gasteiger partial charge in [0.25, 0.3) is 5.91 Å². The molecule has 0 bridgehead atoms. The third-order valence-corrected chi connectivity index (χ3v) is 6.29. The summed E-state index contributed by atoms with van der Waals surface area (Å²) in [6.45, 7) is 6.38. The molecule has 2 aromatic rings. The average Bonchev–Trinajstić information content (AvgIpc) is 3.14. The topological polar surface area (TPSA) is 93.7 Å². The molecule has 0 spiro atoms. The van der Waals surface area contributed by atoms with Crippen LogP contribution in [-0.4, -0.2) is 34.7 Å². The SMILES string of the molecule is CNS(=O)(=O)c1ccc(C)c(C(=O)NCC(C)(C)c2ccc3c(c2)OCO3)c1. The van der Waals surface area contributed by atoms with Crippen molar-refractivity contribution in [1.29, 1.82) is 0 Å². The van der Waals surface area contributed by atoms with Gasteiger partial charge in [-0.2, -0.15) is 0 Å². The number of benzene rings is 2. The number of hydrogen-bond donors (Lipinski definition) is 2. The normalized spacial score (nSPS) is 13.4. The summed E-state index contributed by atoms with van der Waals surface area (Å²) < 4.78 is 37.1. The molecule has 0 fully saturated rings. The van der Waals surface area contributed by atoms with Gasteiger partial charge in [-0.1, -0.05) is 26.0 Å². The Morgan fingerprint density at radius 1 is 1.11 bits per heavy atom. The quantitative estimate of drug-likeness (QED) is 0.771. The highest BCUT2D eigenvalue weighted by Crippen LogP contribution is 2.36. The number of ether oxygens (including phenoxy) is 2. The lowest BCUT2D eigenvalue weighted by atomic mass is 9.84. The van der Waals surface area contributed by atoms with Crippen LogP contribution in [0.15, 0.2) is 41.3 Å². The summed E-state index contributed by atoms with van der Waals surface area (Å²) >= 11 is 0. The van der Waals surface area contributed by atoms with E-state index in [2.05, 4.69) is 10.0 Å². The van der Waals surface area contributed by atoms with Crippen LogP contribution in [0.25, 0.3) is 0 Å². The van der Waals surface area contributed by atoms with Crippen molar-refractivity contribution in [2.75, 3.05) is 20.4 Å². The molecule has 0 saturated carbocycles. The molecule has 8 heteroatoms. The van der Waals surface area contributed by atoms with E-state index in [9.17, 15) is 13.2 Å². The number of amides is 1. The zero-order valence-corrected chi connectivity index (χ0v) is 17.1. The van der Waals surface area contributed by atoms with Crippen LogP contribution in [0.1, 0.15) is 35.3 Å². The van der Waals surface area contributed by atoms with Gasteiger partial charge in [0.15, 0.2) is 11.5 Å². The number of aryl methyl sites for hydroxylation is 1. The van der Waals surface area contributed by atoms with Crippen molar-refractivity contribution < 1.29 is 22.7 Å². The molecule has 2 N–H and O–H groups in total. The Morgan fingerprint density at radius 2 is 1.82 bits per heavy atom. The van der Waals surface area contributed by atoms with Crippen molar-refractivity contribution in [2.45, 2.75) is 31.1 Å². The maximum atomic E-state index is 12.7. The molecule has 0 atom stereocenters. The zero-order chi connectivity index (χ0) is 20.5. The Bertz CT molecular complexity index is 1020. The number of carbonyl (C=O) groups is 1. The number of rotatable bonds is 6. The van der Waals surface area contributed by atoms with Crippen LogP contribution in [0.4, 0.5) is 0 Å². The molecule has 3 rings (SSSR count). The van der Waals surface area contributed by atoms with Gasteiger partial charge in [0.1, 0.15) is 0 Å². The van der Waals surface area contributed by atoms with Crippen LogP contribution in [0.2, 0.25) is 0 Å². The van der Waals surface area contributed by atoms with Gasteiger partial charge in [-0.25, -0.2) is 13.1 Å². The zero-order valence-electron chi connectivity index (χ0n) is 16.3. The number of carbonyl (C=O) groups excluding carboxylic acids is 1. The molecule has 1 aliphatic heterocycles. The van der Waals surface area contributed by atoms with E-state index in [1.807, 2.05) is 32.0 Å². The fourth-order valence-electron chi connectivity index (χ4n) is 2.95. The lowest BCUT2D eigenvalue weighted by Gasteiger charge is -2.26. The van der Waals surface area contributed by atoms with Crippen molar-refractivity contribution in [2.24, 2.45) is 0 Å². The summed E-state index contributed by atoms with van der Waals surface area (Å²) in [5.74, 6) is 1.08. The molecular weight excluding hydrogens is 380 g/mol. The summed E-state index contributed by atoms with van der Waals surface area (Å²) in [5.41, 5.74) is 1.67. The Balaban J connectivity index is 1.77. The van der Waals surface area contributed by atoms with Gasteiger partial charge in [-0.15, -0.1) is 0 Å². The molecule has 0 aliphatic carbocycles. The largest absolute Gasteiger partial charge is 0.454 e. The summed E-state index contributed by atoms with van der Waals surface area (Å²) in [7, 11) is -2.28. The second-order valence-electron chi connectivity index (χ2n) is 7.32. The highest BCUT2D eigenvalue weighted by atomic mass is 32.2. The van der Waals surface area contributed by atoms with Crippen LogP contribution in [-0.2, 0) is 15.4 Å². The van der Waals surface area contributed by atoms with Gasteiger partial charge in [0.05, 0.1) is 4.90 Å². The molecule has 2 aromatic carbocycles. The van der Waals surface area contributed by atoms with Crippen LogP contribution < -0.4 is 19.5 Å². The lowest BCUT2D eigenvalue weighted by Crippen LogP contribution is -2.37. The highest BCUT2D eigenvalue weighted by molar-refractivity contribution is 7.89. The van der Waals surface area contributed by atoms with E-state index >= 15 is 0 Å². The third-order valence-electron chi connectivity index (χ3n) is 4.88. The van der Waals surface area contributed by atoms with Crippen molar-refractivity contribution in [3.8, 4) is 11.5 Å². The standard InChI is InChI=1S/C20H24N2O5S/c1-13-5-7-15(28(24,25)21-4)10-16(13)19(23)22-11-20(2,3)14-6-8-17-18(9-14)27-12-26-17/h5-10,21H,11-12H2,1-4H3,(H,22,23). The van der Waals surface area contributed by atoms with Crippen LogP contribution in [0, 0.1) is 6.92 Å². The first-order valence-corrected chi connectivity index (χ1v) is 10.3. The van der Waals surface area contributed by atoms with E-state index in [-0.39, 0.29) is 23.0 Å². The first-order chi connectivity index (χ1) is 13.1. The molecule has 1 amide bonds. The Morgan fingerprint density at radius 3 is 2.54 bits per heavy atom. The monoisotopic (exact) mass is 404 g/mol. The molecule has 1 heterocycles. The molecule has 0 aromatic heterocycles. The van der Waals surface area contributed by atoms with Gasteiger partial charge in [-0.3, -0.25) is 4.79 Å². The molecule has 0 unspecified atom stereocenters. The fourth-order valence-corrected chi connectivity index (χ4v) is 3.70. The average molecular weight is 404 g/mol. The van der Waals surface area contributed by atoms with Crippen LogP contribution in [0.3, 0.4) is 0 Å². The maximum Gasteiger partial charge on any atom is 0.251 e. The lowest BCUT2D eigenvalue weighted by molar-refractivity contribution is 0.0945. The number of hydrogen-bond acceptors (Lipinski definition) is 5. The number of fused-ring (bicyclic) bond motifs is 1. The minimum Gasteiger partial charge on any atom is -0.454 e. The fraction of sp³-hybridized carbons (Fsp3) is 0.350. The summed E-state index contributed by atoms with van der Waals surface area (Å²) in [6.07, 6.45) is 0. The van der Waals surface area contributed by atoms with E-state index in [0.717, 1.165) is 5.56 Å². The number of nitrogens with one attached hydrogen (secondary N) is 2. The number of sulfonamides is 1. The molecule has 1 aliphatic rings. The first-order valence-electron chi connectivity index (χ1n) is 8.86. The second kappa shape index (κ2) is 7.44. The van der Waals surface area contributed by atoms with E-state index in [4.69, 9.17) is 9.47 Å². The van der Waals surface area contributed by atoms with Crippen molar-refractivity contribution in [3.05, 3.63) is 53.1 Å². The molecule has 150 valence electrons. The van der Waals surface area contributed by atoms with Gasteiger partial charge >= 0.3 is 0 Å². The van der Waals surface area contributed by atoms with Crippen LogP contribution in [0.5, 0.6) is 11.5 Å². The van der Waals surface area contributed by atoms with Gasteiger partial charge in [-0.05, 0) is 49.4 Å². The molecule has 0 saturated heterocycles. The van der Waals surface area contributed by atoms with Gasteiger partial charge < -0.3 is 14.8 Å². The van der Waals surface area contributed by atoms with E-state index in [1.54, 1.807) is 13.0 Å². The van der Waals surface area contributed by atoms with E-state index in [0.29, 0.717) is 29.2 Å². The minimum absolute atomic E-state index is 0.0563. The van der Waals surface area contributed by atoms with Gasteiger partial charge in [0.2, 0.25) is 16.8 Å². The minimum atomic E-state index is -3.62.